The fourth-order valence-electron chi connectivity index (χ4n) is 3.27. The Morgan fingerprint density at radius 3 is 2.43 bits per heavy atom. The van der Waals surface area contributed by atoms with E-state index in [1.54, 1.807) is 6.07 Å². The summed E-state index contributed by atoms with van der Waals surface area (Å²) < 4.78 is 32.1. The fraction of sp³-hybridized carbons (Fsp3) is 0.364. The van der Waals surface area contributed by atoms with Crippen LogP contribution in [0.5, 0.6) is 0 Å². The first kappa shape index (κ1) is 22.0. The predicted molar refractivity (Wildman–Crippen MR) is 114 cm³/mol. The molecule has 1 heterocycles. The van der Waals surface area contributed by atoms with Gasteiger partial charge in [-0.3, -0.25) is 4.79 Å². The second-order valence-corrected chi connectivity index (χ2v) is 9.35. The van der Waals surface area contributed by atoms with Crippen molar-refractivity contribution in [1.82, 2.24) is 4.31 Å². The van der Waals surface area contributed by atoms with Crippen LogP contribution in [0.4, 0.5) is 5.69 Å². The summed E-state index contributed by atoms with van der Waals surface area (Å²) in [6.45, 7) is 4.42. The third-order valence-corrected chi connectivity index (χ3v) is 7.04. The topological polar surface area (TPSA) is 92.8 Å². The van der Waals surface area contributed by atoms with E-state index < -0.39 is 28.5 Å². The molecule has 1 fully saturated rings. The molecule has 1 N–H and O–H groups in total. The molecule has 1 aliphatic heterocycles. The van der Waals surface area contributed by atoms with Gasteiger partial charge in [0.15, 0.2) is 6.61 Å². The Hall–Kier alpha value is -2.71. The molecular formula is C22H26N2O5S. The molecule has 1 saturated heterocycles. The first-order valence-corrected chi connectivity index (χ1v) is 11.4. The van der Waals surface area contributed by atoms with Crippen LogP contribution >= 0.6 is 0 Å². The first-order chi connectivity index (χ1) is 14.3. The van der Waals surface area contributed by atoms with Crippen molar-refractivity contribution in [2.24, 2.45) is 0 Å². The van der Waals surface area contributed by atoms with Gasteiger partial charge in [-0.25, -0.2) is 13.2 Å². The van der Waals surface area contributed by atoms with Gasteiger partial charge < -0.3 is 10.1 Å². The van der Waals surface area contributed by atoms with E-state index in [4.69, 9.17) is 4.74 Å². The highest BCUT2D eigenvalue weighted by molar-refractivity contribution is 7.89. The van der Waals surface area contributed by atoms with Crippen LogP contribution in [0.1, 0.15) is 40.7 Å². The lowest BCUT2D eigenvalue weighted by atomic mass is 10.1. The van der Waals surface area contributed by atoms with Gasteiger partial charge in [0.1, 0.15) is 0 Å². The second-order valence-electron chi connectivity index (χ2n) is 7.42. The Kier molecular flexibility index (Phi) is 6.89. The minimum absolute atomic E-state index is 0.0541. The number of carbonyl (C=O) groups excluding carboxylic acids is 2. The van der Waals surface area contributed by atoms with Gasteiger partial charge in [0.05, 0.1) is 10.5 Å². The molecule has 0 aliphatic carbocycles. The van der Waals surface area contributed by atoms with Gasteiger partial charge in [0.25, 0.3) is 5.91 Å². The molecular weight excluding hydrogens is 404 g/mol. The number of carbonyl (C=O) groups is 2. The molecule has 0 atom stereocenters. The number of rotatable bonds is 6. The lowest BCUT2D eigenvalue weighted by Gasteiger charge is -2.25. The fourth-order valence-corrected chi connectivity index (χ4v) is 4.83. The number of esters is 1. The summed E-state index contributed by atoms with van der Waals surface area (Å²) >= 11 is 0. The largest absolute Gasteiger partial charge is 0.452 e. The number of sulfonamides is 1. The number of hydrogen-bond acceptors (Lipinski definition) is 5. The van der Waals surface area contributed by atoms with Crippen LogP contribution in [-0.2, 0) is 19.6 Å². The standard InChI is InChI=1S/C22H26N2O5S/c1-16-9-10-19(13-17(16)2)23-21(25)15-29-22(26)18-7-6-8-20(14-18)30(27,28)24-11-4-3-5-12-24/h6-10,13-14H,3-5,11-12,15H2,1-2H3,(H,23,25). The lowest BCUT2D eigenvalue weighted by molar-refractivity contribution is -0.119. The normalized spacial score (nSPS) is 14.9. The highest BCUT2D eigenvalue weighted by atomic mass is 32.2. The number of piperidine rings is 1. The number of nitrogens with zero attached hydrogens (tertiary/aromatic N) is 1. The number of anilines is 1. The van der Waals surface area contributed by atoms with Crippen molar-refractivity contribution in [2.75, 3.05) is 25.0 Å². The first-order valence-electron chi connectivity index (χ1n) is 9.92. The van der Waals surface area contributed by atoms with Gasteiger partial charge in [0, 0.05) is 18.8 Å². The van der Waals surface area contributed by atoms with Crippen molar-refractivity contribution in [3.8, 4) is 0 Å². The molecule has 7 nitrogen and oxygen atoms in total. The average molecular weight is 431 g/mol. The van der Waals surface area contributed by atoms with Crippen molar-refractivity contribution in [2.45, 2.75) is 38.0 Å². The molecule has 0 radical (unpaired) electrons. The highest BCUT2D eigenvalue weighted by Gasteiger charge is 2.26. The summed E-state index contributed by atoms with van der Waals surface area (Å²) in [4.78, 5) is 24.5. The summed E-state index contributed by atoms with van der Waals surface area (Å²) in [7, 11) is -3.65. The molecule has 2 aromatic carbocycles. The van der Waals surface area contributed by atoms with E-state index in [9.17, 15) is 18.0 Å². The van der Waals surface area contributed by atoms with E-state index in [1.165, 1.54) is 28.6 Å². The van der Waals surface area contributed by atoms with Crippen LogP contribution < -0.4 is 5.32 Å². The van der Waals surface area contributed by atoms with Gasteiger partial charge >= 0.3 is 5.97 Å². The third kappa shape index (κ3) is 5.25. The zero-order valence-corrected chi connectivity index (χ0v) is 18.0. The maximum absolute atomic E-state index is 12.8. The zero-order valence-electron chi connectivity index (χ0n) is 17.2. The molecule has 1 amide bonds. The van der Waals surface area contributed by atoms with Crippen LogP contribution in [0.3, 0.4) is 0 Å². The Labute approximate surface area is 177 Å². The van der Waals surface area contributed by atoms with Crippen LogP contribution in [0.15, 0.2) is 47.4 Å². The van der Waals surface area contributed by atoms with Crippen molar-refractivity contribution in [1.29, 1.82) is 0 Å². The van der Waals surface area contributed by atoms with Crippen LogP contribution in [0.2, 0.25) is 0 Å². The Balaban J connectivity index is 1.62. The number of ether oxygens (including phenoxy) is 1. The number of hydrogen-bond donors (Lipinski definition) is 1. The van der Waals surface area contributed by atoms with Gasteiger partial charge in [-0.1, -0.05) is 18.6 Å². The molecule has 8 heteroatoms. The van der Waals surface area contributed by atoms with E-state index in [1.807, 2.05) is 26.0 Å². The number of amides is 1. The van der Waals surface area contributed by atoms with Crippen molar-refractivity contribution in [3.63, 3.8) is 0 Å². The summed E-state index contributed by atoms with van der Waals surface area (Å²) in [5.74, 6) is -1.22. The van der Waals surface area contributed by atoms with E-state index in [0.29, 0.717) is 18.8 Å². The van der Waals surface area contributed by atoms with Crippen molar-refractivity contribution < 1.29 is 22.7 Å². The Morgan fingerprint density at radius 2 is 1.73 bits per heavy atom. The quantitative estimate of drug-likeness (QED) is 0.710. The SMILES string of the molecule is Cc1ccc(NC(=O)COC(=O)c2cccc(S(=O)(=O)N3CCCCC3)c2)cc1C. The third-order valence-electron chi connectivity index (χ3n) is 5.15. The number of nitrogens with one attached hydrogen (secondary N) is 1. The molecule has 3 rings (SSSR count). The van der Waals surface area contributed by atoms with Crippen molar-refractivity contribution in [3.05, 3.63) is 59.2 Å². The lowest BCUT2D eigenvalue weighted by Crippen LogP contribution is -2.35. The minimum Gasteiger partial charge on any atom is -0.452 e. The molecule has 0 bridgehead atoms. The minimum atomic E-state index is -3.65. The summed E-state index contributed by atoms with van der Waals surface area (Å²) in [6.07, 6.45) is 2.68. The van der Waals surface area contributed by atoms with Crippen LogP contribution in [0.25, 0.3) is 0 Å². The van der Waals surface area contributed by atoms with Crippen molar-refractivity contribution >= 4 is 27.6 Å². The van der Waals surface area contributed by atoms with E-state index in [-0.39, 0.29) is 10.5 Å². The molecule has 0 aromatic heterocycles. The smallest absolute Gasteiger partial charge is 0.338 e. The summed E-state index contributed by atoms with van der Waals surface area (Å²) in [6, 6.07) is 11.2. The predicted octanol–water partition coefficient (Wildman–Crippen LogP) is 3.27. The van der Waals surface area contributed by atoms with E-state index >= 15 is 0 Å². The number of benzene rings is 2. The maximum atomic E-state index is 12.8. The second kappa shape index (κ2) is 9.40. The van der Waals surface area contributed by atoms with Gasteiger partial charge in [-0.05, 0) is 68.1 Å². The highest BCUT2D eigenvalue weighted by Crippen LogP contribution is 2.21. The Morgan fingerprint density at radius 1 is 1.00 bits per heavy atom. The van der Waals surface area contributed by atoms with Crippen LogP contribution in [0, 0.1) is 13.8 Å². The summed E-state index contributed by atoms with van der Waals surface area (Å²) in [5, 5.41) is 2.68. The molecule has 1 aliphatic rings. The van der Waals surface area contributed by atoms with Gasteiger partial charge in [0.2, 0.25) is 10.0 Å². The molecule has 0 saturated carbocycles. The molecule has 0 unspecified atom stereocenters. The molecule has 0 spiro atoms. The van der Waals surface area contributed by atoms with E-state index in [2.05, 4.69) is 5.32 Å². The zero-order chi connectivity index (χ0) is 21.7. The Bertz CT molecular complexity index is 1040. The van der Waals surface area contributed by atoms with E-state index in [0.717, 1.165) is 30.4 Å². The average Bonchev–Trinajstić information content (AvgIpc) is 2.75. The van der Waals surface area contributed by atoms with Gasteiger partial charge in [-0.2, -0.15) is 4.31 Å². The molecule has 30 heavy (non-hydrogen) atoms. The maximum Gasteiger partial charge on any atom is 0.338 e. The monoisotopic (exact) mass is 430 g/mol. The summed E-state index contributed by atoms with van der Waals surface area (Å²) in [5.41, 5.74) is 2.86. The van der Waals surface area contributed by atoms with Crippen LogP contribution in [-0.4, -0.2) is 44.3 Å². The molecule has 2 aromatic rings. The molecule has 160 valence electrons. The van der Waals surface area contributed by atoms with Gasteiger partial charge in [-0.15, -0.1) is 0 Å². The number of aryl methyl sites for hydroxylation is 2.